The van der Waals surface area contributed by atoms with E-state index in [4.69, 9.17) is 0 Å². The van der Waals surface area contributed by atoms with Crippen LogP contribution in [-0.4, -0.2) is 23.0 Å². The molecule has 1 heterocycles. The predicted octanol–water partition coefficient (Wildman–Crippen LogP) is 2.42. The van der Waals surface area contributed by atoms with E-state index in [2.05, 4.69) is 20.0 Å². The molecule has 0 aliphatic heterocycles. The number of esters is 1. The van der Waals surface area contributed by atoms with Gasteiger partial charge in [-0.15, -0.1) is 0 Å². The number of carbonyl (C=O) groups is 1. The summed E-state index contributed by atoms with van der Waals surface area (Å²) in [5.41, 5.74) is -0.480. The number of hydrogen-bond donors (Lipinski definition) is 1. The van der Waals surface area contributed by atoms with Crippen molar-refractivity contribution in [2.75, 3.05) is 12.4 Å². The number of ether oxygens (including phenoxy) is 1. The summed E-state index contributed by atoms with van der Waals surface area (Å²) < 4.78 is 43.8. The van der Waals surface area contributed by atoms with Crippen LogP contribution in [0, 0.1) is 17.5 Å². The molecular formula is C12H8F3N3O2. The second-order valence-corrected chi connectivity index (χ2v) is 3.65. The zero-order valence-corrected chi connectivity index (χ0v) is 10.2. The Hall–Kier alpha value is -2.64. The third-order valence-electron chi connectivity index (χ3n) is 2.30. The van der Waals surface area contributed by atoms with Gasteiger partial charge in [-0.25, -0.2) is 27.9 Å². The minimum atomic E-state index is -1.33. The fourth-order valence-electron chi connectivity index (χ4n) is 1.39. The SMILES string of the molecule is COC(=O)c1cnc(Nc2cc(F)cc(F)c2F)cn1. The number of carbonyl (C=O) groups excluding carboxylic acids is 1. The molecule has 2 aromatic rings. The van der Waals surface area contributed by atoms with E-state index >= 15 is 0 Å². The van der Waals surface area contributed by atoms with Gasteiger partial charge in [0.05, 0.1) is 25.2 Å². The average molecular weight is 283 g/mol. The van der Waals surface area contributed by atoms with E-state index in [-0.39, 0.29) is 11.5 Å². The maximum atomic E-state index is 13.4. The van der Waals surface area contributed by atoms with Crippen LogP contribution in [-0.2, 0) is 4.74 Å². The summed E-state index contributed by atoms with van der Waals surface area (Å²) in [5.74, 6) is -4.18. The lowest BCUT2D eigenvalue weighted by Gasteiger charge is -2.07. The molecule has 0 saturated heterocycles. The van der Waals surface area contributed by atoms with Crippen LogP contribution in [0.4, 0.5) is 24.7 Å². The van der Waals surface area contributed by atoms with Gasteiger partial charge in [0.1, 0.15) is 11.6 Å². The molecule has 0 radical (unpaired) electrons. The Bertz CT molecular complexity index is 647. The molecule has 0 fully saturated rings. The average Bonchev–Trinajstić information content (AvgIpc) is 2.44. The molecule has 8 heteroatoms. The third kappa shape index (κ3) is 2.85. The Morgan fingerprint density at radius 1 is 1.20 bits per heavy atom. The Morgan fingerprint density at radius 2 is 1.95 bits per heavy atom. The van der Waals surface area contributed by atoms with E-state index in [1.807, 2.05) is 0 Å². The third-order valence-corrected chi connectivity index (χ3v) is 2.30. The Labute approximate surface area is 111 Å². The Kier molecular flexibility index (Phi) is 3.83. The largest absolute Gasteiger partial charge is 0.464 e. The number of nitrogens with one attached hydrogen (secondary N) is 1. The first-order valence-electron chi connectivity index (χ1n) is 5.33. The van der Waals surface area contributed by atoms with Gasteiger partial charge in [0.15, 0.2) is 17.3 Å². The summed E-state index contributed by atoms with van der Waals surface area (Å²) in [6, 6.07) is 1.20. The number of anilines is 2. The lowest BCUT2D eigenvalue weighted by atomic mass is 10.3. The lowest BCUT2D eigenvalue weighted by molar-refractivity contribution is 0.0593. The van der Waals surface area contributed by atoms with Crippen molar-refractivity contribution >= 4 is 17.5 Å². The first-order valence-corrected chi connectivity index (χ1v) is 5.33. The molecule has 20 heavy (non-hydrogen) atoms. The van der Waals surface area contributed by atoms with E-state index in [1.165, 1.54) is 7.11 Å². The number of benzene rings is 1. The van der Waals surface area contributed by atoms with Gasteiger partial charge < -0.3 is 10.1 Å². The quantitative estimate of drug-likeness (QED) is 0.692. The number of hydrogen-bond acceptors (Lipinski definition) is 5. The maximum absolute atomic E-state index is 13.4. The van der Waals surface area contributed by atoms with E-state index < -0.39 is 29.1 Å². The molecule has 0 saturated carbocycles. The summed E-state index contributed by atoms with van der Waals surface area (Å²) >= 11 is 0. The normalized spacial score (nSPS) is 10.2. The Morgan fingerprint density at radius 3 is 2.55 bits per heavy atom. The Balaban J connectivity index is 2.24. The highest BCUT2D eigenvalue weighted by Gasteiger charge is 2.12. The van der Waals surface area contributed by atoms with Crippen molar-refractivity contribution in [1.29, 1.82) is 0 Å². The van der Waals surface area contributed by atoms with Crippen molar-refractivity contribution in [3.63, 3.8) is 0 Å². The van der Waals surface area contributed by atoms with Crippen LogP contribution in [0.1, 0.15) is 10.5 Å². The molecule has 0 unspecified atom stereocenters. The number of rotatable bonds is 3. The van der Waals surface area contributed by atoms with Crippen molar-refractivity contribution in [2.45, 2.75) is 0 Å². The van der Waals surface area contributed by atoms with Crippen LogP contribution in [0.25, 0.3) is 0 Å². The van der Waals surface area contributed by atoms with Gasteiger partial charge in [-0.3, -0.25) is 0 Å². The predicted molar refractivity (Wildman–Crippen MR) is 63.0 cm³/mol. The number of methoxy groups -OCH3 is 1. The van der Waals surface area contributed by atoms with Gasteiger partial charge in [0.25, 0.3) is 0 Å². The monoisotopic (exact) mass is 283 g/mol. The zero-order chi connectivity index (χ0) is 14.7. The summed E-state index contributed by atoms with van der Waals surface area (Å²) in [4.78, 5) is 18.6. The van der Waals surface area contributed by atoms with Crippen molar-refractivity contribution in [2.24, 2.45) is 0 Å². The van der Waals surface area contributed by atoms with Gasteiger partial charge in [-0.2, -0.15) is 0 Å². The lowest BCUT2D eigenvalue weighted by Crippen LogP contribution is -2.06. The highest BCUT2D eigenvalue weighted by atomic mass is 19.2. The van der Waals surface area contributed by atoms with Gasteiger partial charge in [-0.1, -0.05) is 0 Å². The molecule has 1 aromatic heterocycles. The second-order valence-electron chi connectivity index (χ2n) is 3.65. The fraction of sp³-hybridized carbons (Fsp3) is 0.0833. The topological polar surface area (TPSA) is 64.1 Å². The van der Waals surface area contributed by atoms with Crippen LogP contribution in [0.15, 0.2) is 24.5 Å². The molecule has 0 spiro atoms. The van der Waals surface area contributed by atoms with Crippen molar-refractivity contribution in [1.82, 2.24) is 9.97 Å². The molecule has 104 valence electrons. The number of halogens is 3. The first-order chi connectivity index (χ1) is 9.51. The van der Waals surface area contributed by atoms with Crippen LogP contribution in [0.2, 0.25) is 0 Å². The van der Waals surface area contributed by atoms with Gasteiger partial charge in [-0.05, 0) is 0 Å². The van der Waals surface area contributed by atoms with E-state index in [1.54, 1.807) is 0 Å². The van der Waals surface area contributed by atoms with Gasteiger partial charge in [0.2, 0.25) is 0 Å². The maximum Gasteiger partial charge on any atom is 0.358 e. The molecule has 2 rings (SSSR count). The molecule has 0 atom stereocenters. The molecule has 5 nitrogen and oxygen atoms in total. The summed E-state index contributed by atoms with van der Waals surface area (Å²) in [6.07, 6.45) is 2.19. The van der Waals surface area contributed by atoms with E-state index in [0.29, 0.717) is 6.07 Å². The summed E-state index contributed by atoms with van der Waals surface area (Å²) in [7, 11) is 1.18. The standard InChI is InChI=1S/C12H8F3N3O2/c1-20-12(19)9-4-17-10(5-16-9)18-8-3-6(13)2-7(14)11(8)15/h2-5H,1H3,(H,17,18). The van der Waals surface area contributed by atoms with Crippen molar-refractivity contribution in [3.8, 4) is 0 Å². The van der Waals surface area contributed by atoms with Gasteiger partial charge in [0, 0.05) is 12.1 Å². The number of aromatic nitrogens is 2. The fourth-order valence-corrected chi connectivity index (χ4v) is 1.39. The van der Waals surface area contributed by atoms with Crippen molar-refractivity contribution < 1.29 is 22.7 Å². The van der Waals surface area contributed by atoms with E-state index in [9.17, 15) is 18.0 Å². The van der Waals surface area contributed by atoms with Crippen LogP contribution in [0.5, 0.6) is 0 Å². The van der Waals surface area contributed by atoms with Crippen LogP contribution >= 0.6 is 0 Å². The first kappa shape index (κ1) is 13.8. The second kappa shape index (κ2) is 5.55. The molecular weight excluding hydrogens is 275 g/mol. The molecule has 0 amide bonds. The smallest absolute Gasteiger partial charge is 0.358 e. The summed E-state index contributed by atoms with van der Waals surface area (Å²) in [5, 5.41) is 2.36. The molecule has 1 aromatic carbocycles. The molecule has 0 bridgehead atoms. The molecule has 0 aliphatic rings. The van der Waals surface area contributed by atoms with Crippen LogP contribution in [0.3, 0.4) is 0 Å². The van der Waals surface area contributed by atoms with Crippen LogP contribution < -0.4 is 5.32 Å². The van der Waals surface area contributed by atoms with Gasteiger partial charge >= 0.3 is 5.97 Å². The minimum absolute atomic E-state index is 0.0153. The highest BCUT2D eigenvalue weighted by molar-refractivity contribution is 5.86. The highest BCUT2D eigenvalue weighted by Crippen LogP contribution is 2.22. The van der Waals surface area contributed by atoms with Crippen molar-refractivity contribution in [3.05, 3.63) is 47.7 Å². The van der Waals surface area contributed by atoms with E-state index in [0.717, 1.165) is 18.5 Å². The molecule has 1 N–H and O–H groups in total. The minimum Gasteiger partial charge on any atom is -0.464 e. The zero-order valence-electron chi connectivity index (χ0n) is 10.2. The molecule has 0 aliphatic carbocycles. The summed E-state index contributed by atoms with van der Waals surface area (Å²) in [6.45, 7) is 0. The number of nitrogens with zero attached hydrogens (tertiary/aromatic N) is 2.